The summed E-state index contributed by atoms with van der Waals surface area (Å²) in [4.78, 5) is 3.80. The molecule has 0 aromatic carbocycles. The molecular weight excluding hydrogens is 284 g/mol. The van der Waals surface area contributed by atoms with Gasteiger partial charge in [-0.2, -0.15) is 0 Å². The number of hydrogen-bond acceptors (Lipinski definition) is 4. The molecule has 0 aromatic heterocycles. The van der Waals surface area contributed by atoms with Crippen molar-refractivity contribution in [3.63, 3.8) is 0 Å². The molecule has 16 heavy (non-hydrogen) atoms. The lowest BCUT2D eigenvalue weighted by molar-refractivity contribution is 1.08. The SMILES string of the molecule is C/N=C(\NC)NC(=S)S.N=C(N)NC(=S)S. The number of guanidine groups is 2. The highest BCUT2D eigenvalue weighted by atomic mass is 32.1. The highest BCUT2D eigenvalue weighted by Crippen LogP contribution is 1.76. The van der Waals surface area contributed by atoms with Crippen molar-refractivity contribution in [1.82, 2.24) is 16.0 Å². The third-order valence-corrected chi connectivity index (χ3v) is 1.36. The molecule has 0 amide bonds. The van der Waals surface area contributed by atoms with Crippen LogP contribution in [0, 0.1) is 5.41 Å². The second-order valence-corrected chi connectivity index (χ2v) is 4.41. The lowest BCUT2D eigenvalue weighted by Crippen LogP contribution is -2.35. The van der Waals surface area contributed by atoms with Crippen molar-refractivity contribution in [3.05, 3.63) is 0 Å². The molecule has 0 unspecified atom stereocenters. The molecule has 6 N–H and O–H groups in total. The molecule has 0 spiro atoms. The van der Waals surface area contributed by atoms with Crippen molar-refractivity contribution in [3.8, 4) is 0 Å². The molecule has 0 atom stereocenters. The Hall–Kier alpha value is -0.580. The zero-order valence-electron chi connectivity index (χ0n) is 8.74. The summed E-state index contributed by atoms with van der Waals surface area (Å²) >= 11 is 16.5. The summed E-state index contributed by atoms with van der Waals surface area (Å²) in [5, 5.41) is 14.3. The molecule has 0 aliphatic rings. The molecule has 10 heteroatoms. The fourth-order valence-electron chi connectivity index (χ4n) is 0.447. The van der Waals surface area contributed by atoms with Gasteiger partial charge in [-0.05, 0) is 0 Å². The normalized spacial score (nSPS) is 9.38. The monoisotopic (exact) mass is 298 g/mol. The molecule has 0 bridgehead atoms. The summed E-state index contributed by atoms with van der Waals surface area (Å²) in [6.07, 6.45) is 0. The van der Waals surface area contributed by atoms with Gasteiger partial charge in [0.25, 0.3) is 0 Å². The Morgan fingerprint density at radius 2 is 1.69 bits per heavy atom. The number of nitrogens with zero attached hydrogens (tertiary/aromatic N) is 1. The third-order valence-electron chi connectivity index (χ3n) is 0.927. The predicted molar refractivity (Wildman–Crippen MR) is 83.8 cm³/mol. The van der Waals surface area contributed by atoms with Crippen molar-refractivity contribution in [2.45, 2.75) is 0 Å². The summed E-state index contributed by atoms with van der Waals surface area (Å²) in [5.41, 5.74) is 4.83. The minimum atomic E-state index is -0.181. The average molecular weight is 298 g/mol. The summed E-state index contributed by atoms with van der Waals surface area (Å²) in [6.45, 7) is 0. The minimum Gasteiger partial charge on any atom is -0.370 e. The summed E-state index contributed by atoms with van der Waals surface area (Å²) in [7, 11) is 3.41. The van der Waals surface area contributed by atoms with E-state index in [0.717, 1.165) is 0 Å². The smallest absolute Gasteiger partial charge is 0.196 e. The van der Waals surface area contributed by atoms with Crippen LogP contribution >= 0.6 is 49.7 Å². The fourth-order valence-corrected chi connectivity index (χ4v) is 0.880. The topological polar surface area (TPSA) is 98.3 Å². The number of aliphatic imine (C=N–C) groups is 1. The van der Waals surface area contributed by atoms with Crippen molar-refractivity contribution < 1.29 is 0 Å². The van der Waals surface area contributed by atoms with E-state index in [1.54, 1.807) is 14.1 Å². The molecule has 0 aliphatic heterocycles. The van der Waals surface area contributed by atoms with Crippen LogP contribution in [0.15, 0.2) is 4.99 Å². The maximum Gasteiger partial charge on any atom is 0.196 e. The molecule has 0 saturated carbocycles. The number of rotatable bonds is 0. The first-order valence-electron chi connectivity index (χ1n) is 3.81. The van der Waals surface area contributed by atoms with Crippen LogP contribution in [0.25, 0.3) is 0 Å². The first-order valence-corrected chi connectivity index (χ1v) is 5.53. The van der Waals surface area contributed by atoms with Crippen LogP contribution in [-0.2, 0) is 0 Å². The first-order chi connectivity index (χ1) is 7.33. The van der Waals surface area contributed by atoms with Gasteiger partial charge in [0.15, 0.2) is 11.9 Å². The van der Waals surface area contributed by atoms with Crippen molar-refractivity contribution in [2.75, 3.05) is 14.1 Å². The quantitative estimate of drug-likeness (QED) is 0.143. The molecule has 0 rings (SSSR count). The van der Waals surface area contributed by atoms with E-state index in [9.17, 15) is 0 Å². The number of nitrogens with two attached hydrogens (primary N) is 1. The summed E-state index contributed by atoms with van der Waals surface area (Å²) < 4.78 is 0.623. The minimum absolute atomic E-state index is 0.181. The van der Waals surface area contributed by atoms with E-state index in [-0.39, 0.29) is 10.3 Å². The number of nitrogens with one attached hydrogen (secondary N) is 4. The Morgan fingerprint density at radius 3 is 1.75 bits per heavy atom. The van der Waals surface area contributed by atoms with Crippen LogP contribution in [0.1, 0.15) is 0 Å². The van der Waals surface area contributed by atoms with E-state index in [1.165, 1.54) is 0 Å². The van der Waals surface area contributed by atoms with E-state index >= 15 is 0 Å². The molecule has 0 fully saturated rings. The molecule has 0 saturated heterocycles. The Labute approximate surface area is 116 Å². The van der Waals surface area contributed by atoms with Gasteiger partial charge in [-0.15, -0.1) is 25.3 Å². The molecular formula is C6H14N6S4. The van der Waals surface area contributed by atoms with Gasteiger partial charge in [-0.25, -0.2) is 0 Å². The second-order valence-electron chi connectivity index (χ2n) is 2.10. The van der Waals surface area contributed by atoms with Gasteiger partial charge in [0.05, 0.1) is 0 Å². The van der Waals surface area contributed by atoms with Crippen LogP contribution in [0.4, 0.5) is 0 Å². The van der Waals surface area contributed by atoms with Gasteiger partial charge in [-0.3, -0.25) is 10.4 Å². The van der Waals surface area contributed by atoms with Gasteiger partial charge < -0.3 is 21.7 Å². The molecule has 0 aromatic rings. The molecule has 6 nitrogen and oxygen atoms in total. The van der Waals surface area contributed by atoms with Gasteiger partial charge >= 0.3 is 0 Å². The standard InChI is InChI=1S/C4H9N3S2.C2H5N3S2/c1-5-3(6-2)7-4(8)9;3-1(4)5-2(6)7/h1-2H3,(H3,5,6,7,8,9);(H5,3,4,5,6,7). The Kier molecular flexibility index (Phi) is 12.2. The molecule has 92 valence electrons. The van der Waals surface area contributed by atoms with Crippen LogP contribution in [0.3, 0.4) is 0 Å². The second kappa shape index (κ2) is 10.9. The average Bonchev–Trinajstić information content (AvgIpc) is 2.12. The maximum absolute atomic E-state index is 6.56. The van der Waals surface area contributed by atoms with Gasteiger partial charge in [0.2, 0.25) is 0 Å². The highest BCUT2D eigenvalue weighted by Gasteiger charge is 1.90. The Balaban J connectivity index is 0. The van der Waals surface area contributed by atoms with E-state index in [2.05, 4.69) is 70.6 Å². The van der Waals surface area contributed by atoms with E-state index in [0.29, 0.717) is 10.3 Å². The number of thiocarbonyl (C=S) groups is 2. The highest BCUT2D eigenvalue weighted by molar-refractivity contribution is 8.11. The number of hydrogen-bond donors (Lipinski definition) is 7. The summed E-state index contributed by atoms with van der Waals surface area (Å²) in [6, 6.07) is 0. The molecule has 0 aliphatic carbocycles. The lowest BCUT2D eigenvalue weighted by atomic mass is 10.9. The van der Waals surface area contributed by atoms with Crippen molar-refractivity contribution in [1.29, 1.82) is 5.41 Å². The van der Waals surface area contributed by atoms with E-state index in [1.807, 2.05) is 0 Å². The molecule has 0 heterocycles. The Bertz CT molecular complexity index is 277. The van der Waals surface area contributed by atoms with Gasteiger partial charge in [0, 0.05) is 14.1 Å². The first kappa shape index (κ1) is 17.8. The Morgan fingerprint density at radius 1 is 1.25 bits per heavy atom. The van der Waals surface area contributed by atoms with E-state index in [4.69, 9.17) is 11.1 Å². The third kappa shape index (κ3) is 15.9. The van der Waals surface area contributed by atoms with Gasteiger partial charge in [0.1, 0.15) is 8.64 Å². The van der Waals surface area contributed by atoms with Crippen molar-refractivity contribution in [2.24, 2.45) is 10.7 Å². The zero-order chi connectivity index (χ0) is 13.1. The maximum atomic E-state index is 6.56. The van der Waals surface area contributed by atoms with Gasteiger partial charge in [-0.1, -0.05) is 24.4 Å². The summed E-state index contributed by atoms with van der Waals surface area (Å²) in [5.74, 6) is 0.440. The van der Waals surface area contributed by atoms with Crippen LogP contribution in [-0.4, -0.2) is 34.7 Å². The number of thiol groups is 2. The van der Waals surface area contributed by atoms with Crippen LogP contribution in [0.2, 0.25) is 0 Å². The predicted octanol–water partition coefficient (Wildman–Crippen LogP) is -0.320. The lowest BCUT2D eigenvalue weighted by Gasteiger charge is -2.03. The molecule has 0 radical (unpaired) electrons. The van der Waals surface area contributed by atoms with E-state index < -0.39 is 0 Å². The van der Waals surface area contributed by atoms with Crippen LogP contribution < -0.4 is 21.7 Å². The van der Waals surface area contributed by atoms with Crippen LogP contribution in [0.5, 0.6) is 0 Å². The zero-order valence-corrected chi connectivity index (χ0v) is 12.2. The van der Waals surface area contributed by atoms with Crippen molar-refractivity contribution >= 4 is 70.3 Å². The fraction of sp³-hybridized carbons (Fsp3) is 0.333. The largest absolute Gasteiger partial charge is 0.370 e.